The lowest BCUT2D eigenvalue weighted by Crippen LogP contribution is -2.24. The molecule has 0 bridgehead atoms. The third-order valence-corrected chi connectivity index (χ3v) is 3.11. The predicted molar refractivity (Wildman–Crippen MR) is 72.7 cm³/mol. The van der Waals surface area contributed by atoms with E-state index in [9.17, 15) is 19.7 Å². The Balaban J connectivity index is 3.09. The Morgan fingerprint density at radius 3 is 2.35 bits per heavy atom. The van der Waals surface area contributed by atoms with Gasteiger partial charge >= 0.3 is 5.97 Å². The summed E-state index contributed by atoms with van der Waals surface area (Å²) in [6.07, 6.45) is 0. The van der Waals surface area contributed by atoms with Crippen molar-refractivity contribution in [2.45, 2.75) is 20.8 Å². The second-order valence-electron chi connectivity index (χ2n) is 4.82. The van der Waals surface area contributed by atoms with Gasteiger partial charge in [-0.2, -0.15) is 0 Å². The fourth-order valence-electron chi connectivity index (χ4n) is 1.47. The molecule has 1 rings (SSSR count). The van der Waals surface area contributed by atoms with Crippen LogP contribution in [0.2, 0.25) is 0 Å². The Morgan fingerprint density at radius 1 is 1.30 bits per heavy atom. The van der Waals surface area contributed by atoms with Crippen LogP contribution in [0, 0.1) is 22.0 Å². The normalized spacial score (nSPS) is 12.0. The minimum Gasteiger partial charge on any atom is -0.478 e. The van der Waals surface area contributed by atoms with E-state index in [4.69, 9.17) is 5.11 Å². The minimum absolute atomic E-state index is 0.00231. The van der Waals surface area contributed by atoms with Crippen molar-refractivity contribution in [3.05, 3.63) is 33.9 Å². The lowest BCUT2D eigenvalue weighted by atomic mass is 9.97. The Morgan fingerprint density at radius 2 is 1.90 bits per heavy atom. The van der Waals surface area contributed by atoms with Gasteiger partial charge in [-0.25, -0.2) is 4.79 Å². The number of carbonyl (C=O) groups excluding carboxylic acids is 1. The molecule has 20 heavy (non-hydrogen) atoms. The number of nitrogens with zero attached hydrogens (tertiary/aromatic N) is 1. The maximum atomic E-state index is 11.9. The SMILES string of the molecule is CC(C)C(C)C(=O)Nc1ccc(C(=O)O)cc1[N+](=O)[O-]. The average Bonchev–Trinajstić information content (AvgIpc) is 2.37. The molecule has 7 nitrogen and oxygen atoms in total. The highest BCUT2D eigenvalue weighted by atomic mass is 16.6. The molecule has 0 aliphatic rings. The monoisotopic (exact) mass is 280 g/mol. The van der Waals surface area contributed by atoms with Crippen molar-refractivity contribution in [3.8, 4) is 0 Å². The summed E-state index contributed by atoms with van der Waals surface area (Å²) >= 11 is 0. The summed E-state index contributed by atoms with van der Waals surface area (Å²) < 4.78 is 0. The maximum Gasteiger partial charge on any atom is 0.335 e. The van der Waals surface area contributed by atoms with E-state index in [1.807, 2.05) is 13.8 Å². The number of aromatic carboxylic acids is 1. The zero-order valence-corrected chi connectivity index (χ0v) is 11.4. The van der Waals surface area contributed by atoms with Crippen LogP contribution in [0.25, 0.3) is 0 Å². The number of amides is 1. The van der Waals surface area contributed by atoms with Gasteiger partial charge in [-0.3, -0.25) is 14.9 Å². The molecule has 0 aliphatic carbocycles. The molecule has 1 unspecified atom stereocenters. The zero-order chi connectivity index (χ0) is 15.4. The third kappa shape index (κ3) is 3.53. The van der Waals surface area contributed by atoms with Gasteiger partial charge in [-0.05, 0) is 18.1 Å². The molecule has 2 N–H and O–H groups in total. The highest BCUT2D eigenvalue weighted by Gasteiger charge is 2.22. The van der Waals surface area contributed by atoms with E-state index < -0.39 is 16.6 Å². The van der Waals surface area contributed by atoms with Crippen molar-refractivity contribution in [2.24, 2.45) is 11.8 Å². The molecule has 0 saturated carbocycles. The van der Waals surface area contributed by atoms with Crippen LogP contribution in [-0.4, -0.2) is 21.9 Å². The second kappa shape index (κ2) is 6.14. The summed E-state index contributed by atoms with van der Waals surface area (Å²) in [6, 6.07) is 3.37. The molecule has 0 radical (unpaired) electrons. The summed E-state index contributed by atoms with van der Waals surface area (Å²) in [6.45, 7) is 5.45. The number of carboxylic acids is 1. The summed E-state index contributed by atoms with van der Waals surface area (Å²) in [7, 11) is 0. The van der Waals surface area contributed by atoms with Crippen molar-refractivity contribution in [1.82, 2.24) is 0 Å². The molecular formula is C13H16N2O5. The summed E-state index contributed by atoms with van der Waals surface area (Å²) in [5.74, 6) is -1.83. The van der Waals surface area contributed by atoms with Gasteiger partial charge < -0.3 is 10.4 Å². The fraction of sp³-hybridized carbons (Fsp3) is 0.385. The number of nitro groups is 1. The number of anilines is 1. The smallest absolute Gasteiger partial charge is 0.335 e. The van der Waals surface area contributed by atoms with Gasteiger partial charge in [0.1, 0.15) is 5.69 Å². The third-order valence-electron chi connectivity index (χ3n) is 3.11. The van der Waals surface area contributed by atoms with Crippen LogP contribution in [0.4, 0.5) is 11.4 Å². The Hall–Kier alpha value is -2.44. The predicted octanol–water partition coefficient (Wildman–Crippen LogP) is 2.52. The van der Waals surface area contributed by atoms with E-state index in [-0.39, 0.29) is 29.0 Å². The standard InChI is InChI=1S/C13H16N2O5/c1-7(2)8(3)12(16)14-10-5-4-9(13(17)18)6-11(10)15(19)20/h4-8H,1-3H3,(H,14,16)(H,17,18). The van der Waals surface area contributed by atoms with Crippen molar-refractivity contribution in [1.29, 1.82) is 0 Å². The van der Waals surface area contributed by atoms with Crippen LogP contribution in [0.3, 0.4) is 0 Å². The number of benzene rings is 1. The fourth-order valence-corrected chi connectivity index (χ4v) is 1.47. The molecule has 1 aromatic rings. The zero-order valence-electron chi connectivity index (χ0n) is 11.4. The van der Waals surface area contributed by atoms with Gasteiger partial charge in [0.05, 0.1) is 10.5 Å². The van der Waals surface area contributed by atoms with Crippen LogP contribution >= 0.6 is 0 Å². The number of rotatable bonds is 5. The summed E-state index contributed by atoms with van der Waals surface area (Å²) in [5, 5.41) is 22.2. The summed E-state index contributed by atoms with van der Waals surface area (Å²) in [4.78, 5) is 32.9. The van der Waals surface area contributed by atoms with E-state index >= 15 is 0 Å². The first-order valence-electron chi connectivity index (χ1n) is 6.06. The maximum absolute atomic E-state index is 11.9. The number of hydrogen-bond donors (Lipinski definition) is 2. The highest BCUT2D eigenvalue weighted by Crippen LogP contribution is 2.26. The second-order valence-corrected chi connectivity index (χ2v) is 4.82. The largest absolute Gasteiger partial charge is 0.478 e. The van der Waals surface area contributed by atoms with Crippen LogP contribution in [0.1, 0.15) is 31.1 Å². The molecule has 7 heteroatoms. The molecule has 0 fully saturated rings. The van der Waals surface area contributed by atoms with Gasteiger partial charge in [0.2, 0.25) is 5.91 Å². The minimum atomic E-state index is -1.26. The lowest BCUT2D eigenvalue weighted by molar-refractivity contribution is -0.384. The summed E-state index contributed by atoms with van der Waals surface area (Å²) in [5.41, 5.74) is -0.640. The average molecular weight is 280 g/mol. The highest BCUT2D eigenvalue weighted by molar-refractivity contribution is 5.96. The quantitative estimate of drug-likeness (QED) is 0.636. The number of carbonyl (C=O) groups is 2. The molecule has 0 spiro atoms. The Bertz CT molecular complexity index is 554. The van der Waals surface area contributed by atoms with Gasteiger partial charge in [0.25, 0.3) is 5.69 Å². The number of hydrogen-bond acceptors (Lipinski definition) is 4. The molecule has 1 atom stereocenters. The molecule has 0 aromatic heterocycles. The van der Waals surface area contributed by atoms with E-state index in [0.29, 0.717) is 0 Å². The molecular weight excluding hydrogens is 264 g/mol. The molecule has 0 saturated heterocycles. The van der Waals surface area contributed by atoms with Gasteiger partial charge in [-0.15, -0.1) is 0 Å². The Labute approximate surface area is 115 Å². The van der Waals surface area contributed by atoms with E-state index in [2.05, 4.69) is 5.32 Å². The van der Waals surface area contributed by atoms with Gasteiger partial charge in [-0.1, -0.05) is 20.8 Å². The lowest BCUT2D eigenvalue weighted by Gasteiger charge is -2.15. The molecule has 1 aromatic carbocycles. The molecule has 1 amide bonds. The molecule has 108 valence electrons. The van der Waals surface area contributed by atoms with Crippen molar-refractivity contribution in [2.75, 3.05) is 5.32 Å². The first-order chi connectivity index (χ1) is 9.23. The first-order valence-corrected chi connectivity index (χ1v) is 6.06. The number of carboxylic acid groups (broad SMARTS) is 1. The van der Waals surface area contributed by atoms with Crippen LogP contribution in [0.5, 0.6) is 0 Å². The van der Waals surface area contributed by atoms with Crippen molar-refractivity contribution >= 4 is 23.3 Å². The van der Waals surface area contributed by atoms with E-state index in [0.717, 1.165) is 6.07 Å². The van der Waals surface area contributed by atoms with Gasteiger partial charge in [0, 0.05) is 12.0 Å². The van der Waals surface area contributed by atoms with Crippen LogP contribution < -0.4 is 5.32 Å². The van der Waals surface area contributed by atoms with Crippen molar-refractivity contribution < 1.29 is 19.6 Å². The van der Waals surface area contributed by atoms with E-state index in [1.54, 1.807) is 6.92 Å². The van der Waals surface area contributed by atoms with Crippen LogP contribution in [-0.2, 0) is 4.79 Å². The molecule has 0 aliphatic heterocycles. The van der Waals surface area contributed by atoms with Crippen LogP contribution in [0.15, 0.2) is 18.2 Å². The topological polar surface area (TPSA) is 110 Å². The molecule has 0 heterocycles. The number of nitrogens with one attached hydrogen (secondary N) is 1. The van der Waals surface area contributed by atoms with E-state index in [1.165, 1.54) is 12.1 Å². The first kappa shape index (κ1) is 15.6. The van der Waals surface area contributed by atoms with Gasteiger partial charge in [0.15, 0.2) is 0 Å². The number of nitro benzene ring substituents is 1. The van der Waals surface area contributed by atoms with Crippen molar-refractivity contribution in [3.63, 3.8) is 0 Å². The Kier molecular flexibility index (Phi) is 4.79.